The van der Waals surface area contributed by atoms with Crippen molar-refractivity contribution >= 4 is 12.1 Å². The molecule has 0 aromatic rings. The van der Waals surface area contributed by atoms with Gasteiger partial charge in [0.1, 0.15) is 0 Å². The lowest BCUT2D eigenvalue weighted by Crippen LogP contribution is -2.19. The minimum atomic E-state index is -0.958. The third-order valence-electron chi connectivity index (χ3n) is 1.34. The molecule has 2 N–H and O–H groups in total. The molecule has 5 heteroatoms. The van der Waals surface area contributed by atoms with Gasteiger partial charge in [-0.05, 0) is 6.92 Å². The Morgan fingerprint density at radius 2 is 2.15 bits per heavy atom. The molecule has 0 saturated heterocycles. The van der Waals surface area contributed by atoms with Gasteiger partial charge in [-0.2, -0.15) is 0 Å². The van der Waals surface area contributed by atoms with E-state index in [9.17, 15) is 9.59 Å². The molecule has 0 rings (SSSR count). The van der Waals surface area contributed by atoms with Crippen molar-refractivity contribution in [3.63, 3.8) is 0 Å². The zero-order chi connectivity index (χ0) is 10.3. The SMILES string of the molecule is CNC(=O)OCC/C=C(\C)C(=O)O. The van der Waals surface area contributed by atoms with E-state index in [1.54, 1.807) is 0 Å². The topological polar surface area (TPSA) is 75.6 Å². The van der Waals surface area contributed by atoms with Gasteiger partial charge in [0.15, 0.2) is 0 Å². The van der Waals surface area contributed by atoms with Crippen molar-refractivity contribution in [2.45, 2.75) is 13.3 Å². The lowest BCUT2D eigenvalue weighted by atomic mass is 10.2. The van der Waals surface area contributed by atoms with Crippen molar-refractivity contribution in [2.24, 2.45) is 0 Å². The number of alkyl carbamates (subject to hydrolysis) is 1. The number of amides is 1. The zero-order valence-electron chi connectivity index (χ0n) is 7.66. The monoisotopic (exact) mass is 187 g/mol. The minimum Gasteiger partial charge on any atom is -0.478 e. The Labute approximate surface area is 76.4 Å². The number of ether oxygens (including phenoxy) is 1. The Morgan fingerprint density at radius 1 is 1.54 bits per heavy atom. The van der Waals surface area contributed by atoms with Crippen LogP contribution in [0.5, 0.6) is 0 Å². The molecule has 0 atom stereocenters. The fraction of sp³-hybridized carbons (Fsp3) is 0.500. The third kappa shape index (κ3) is 5.72. The number of carboxylic acids is 1. The quantitative estimate of drug-likeness (QED) is 0.503. The summed E-state index contributed by atoms with van der Waals surface area (Å²) in [6.45, 7) is 1.67. The Morgan fingerprint density at radius 3 is 2.62 bits per heavy atom. The van der Waals surface area contributed by atoms with E-state index in [2.05, 4.69) is 10.1 Å². The first-order valence-electron chi connectivity index (χ1n) is 3.82. The van der Waals surface area contributed by atoms with Crippen LogP contribution in [-0.2, 0) is 9.53 Å². The Bertz CT molecular complexity index is 222. The number of rotatable bonds is 4. The van der Waals surface area contributed by atoms with Crippen LogP contribution < -0.4 is 5.32 Å². The largest absolute Gasteiger partial charge is 0.478 e. The summed E-state index contributed by atoms with van der Waals surface area (Å²) in [6.07, 6.45) is 1.40. The van der Waals surface area contributed by atoms with E-state index in [0.717, 1.165) is 0 Å². The molecule has 0 aliphatic rings. The molecular formula is C8H13NO4. The summed E-state index contributed by atoms with van der Waals surface area (Å²) in [4.78, 5) is 20.8. The van der Waals surface area contributed by atoms with Crippen LogP contribution in [0.3, 0.4) is 0 Å². The van der Waals surface area contributed by atoms with Gasteiger partial charge in [-0.3, -0.25) is 0 Å². The van der Waals surface area contributed by atoms with Crippen molar-refractivity contribution < 1.29 is 19.4 Å². The second-order valence-corrected chi connectivity index (χ2v) is 2.37. The fourth-order valence-electron chi connectivity index (χ4n) is 0.587. The number of hydrogen-bond acceptors (Lipinski definition) is 3. The average molecular weight is 187 g/mol. The molecule has 0 saturated carbocycles. The van der Waals surface area contributed by atoms with E-state index in [-0.39, 0.29) is 12.2 Å². The molecule has 0 aliphatic carbocycles. The number of hydrogen-bond donors (Lipinski definition) is 2. The standard InChI is InChI=1S/C8H13NO4/c1-6(7(10)11)4-3-5-13-8(12)9-2/h4H,3,5H2,1-2H3,(H,9,12)(H,10,11)/b6-4+. The van der Waals surface area contributed by atoms with Gasteiger partial charge in [-0.1, -0.05) is 6.08 Å². The average Bonchev–Trinajstić information content (AvgIpc) is 2.11. The molecule has 74 valence electrons. The highest BCUT2D eigenvalue weighted by Crippen LogP contribution is 1.95. The summed E-state index contributed by atoms with van der Waals surface area (Å²) in [5, 5.41) is 10.7. The summed E-state index contributed by atoms with van der Waals surface area (Å²) in [5.74, 6) is -0.958. The van der Waals surface area contributed by atoms with Gasteiger partial charge in [0.2, 0.25) is 0 Å². The van der Waals surface area contributed by atoms with Crippen LogP contribution in [0.25, 0.3) is 0 Å². The van der Waals surface area contributed by atoms with E-state index in [0.29, 0.717) is 6.42 Å². The summed E-state index contributed by atoms with van der Waals surface area (Å²) >= 11 is 0. The summed E-state index contributed by atoms with van der Waals surface area (Å²) in [5.41, 5.74) is 0.250. The minimum absolute atomic E-state index is 0.185. The van der Waals surface area contributed by atoms with Gasteiger partial charge in [-0.25, -0.2) is 9.59 Å². The molecule has 0 spiro atoms. The highest BCUT2D eigenvalue weighted by molar-refractivity contribution is 5.85. The molecular weight excluding hydrogens is 174 g/mol. The molecule has 5 nitrogen and oxygen atoms in total. The second-order valence-electron chi connectivity index (χ2n) is 2.37. The van der Waals surface area contributed by atoms with E-state index in [1.807, 2.05) is 0 Å². The highest BCUT2D eigenvalue weighted by atomic mass is 16.5. The van der Waals surface area contributed by atoms with Crippen LogP contribution in [0.4, 0.5) is 4.79 Å². The van der Waals surface area contributed by atoms with E-state index < -0.39 is 12.1 Å². The van der Waals surface area contributed by atoms with Gasteiger partial charge in [0.25, 0.3) is 0 Å². The molecule has 0 aromatic heterocycles. The lowest BCUT2D eigenvalue weighted by molar-refractivity contribution is -0.132. The predicted molar refractivity (Wildman–Crippen MR) is 46.4 cm³/mol. The van der Waals surface area contributed by atoms with Gasteiger partial charge in [-0.15, -0.1) is 0 Å². The summed E-state index contributed by atoms with van der Waals surface area (Å²) < 4.78 is 4.63. The summed E-state index contributed by atoms with van der Waals surface area (Å²) in [7, 11) is 1.46. The van der Waals surface area contributed by atoms with Gasteiger partial charge < -0.3 is 15.2 Å². The van der Waals surface area contributed by atoms with Crippen LogP contribution in [0.15, 0.2) is 11.6 Å². The van der Waals surface area contributed by atoms with Gasteiger partial charge in [0.05, 0.1) is 6.61 Å². The predicted octanol–water partition coefficient (Wildman–Crippen LogP) is 0.763. The maximum absolute atomic E-state index is 10.5. The molecule has 0 bridgehead atoms. The van der Waals surface area contributed by atoms with E-state index in [4.69, 9.17) is 5.11 Å². The van der Waals surface area contributed by atoms with Crippen LogP contribution in [0.1, 0.15) is 13.3 Å². The summed E-state index contributed by atoms with van der Waals surface area (Å²) in [6, 6.07) is 0. The first kappa shape index (κ1) is 11.5. The second kappa shape index (κ2) is 6.05. The number of carbonyl (C=O) groups is 2. The molecule has 0 aliphatic heterocycles. The molecule has 0 radical (unpaired) electrons. The van der Waals surface area contributed by atoms with Gasteiger partial charge >= 0.3 is 12.1 Å². The lowest BCUT2D eigenvalue weighted by Gasteiger charge is -2.00. The maximum Gasteiger partial charge on any atom is 0.406 e. The first-order chi connectivity index (χ1) is 6.07. The van der Waals surface area contributed by atoms with Crippen LogP contribution in [-0.4, -0.2) is 30.8 Å². The van der Waals surface area contributed by atoms with Crippen molar-refractivity contribution in [2.75, 3.05) is 13.7 Å². The molecule has 0 aromatic carbocycles. The van der Waals surface area contributed by atoms with E-state index in [1.165, 1.54) is 20.0 Å². The number of carbonyl (C=O) groups excluding carboxylic acids is 1. The fourth-order valence-corrected chi connectivity index (χ4v) is 0.587. The first-order valence-corrected chi connectivity index (χ1v) is 3.82. The van der Waals surface area contributed by atoms with Crippen LogP contribution >= 0.6 is 0 Å². The Balaban J connectivity index is 3.61. The molecule has 0 fully saturated rings. The molecule has 13 heavy (non-hydrogen) atoms. The van der Waals surface area contributed by atoms with Crippen molar-refractivity contribution in [3.05, 3.63) is 11.6 Å². The van der Waals surface area contributed by atoms with Crippen LogP contribution in [0.2, 0.25) is 0 Å². The number of nitrogens with one attached hydrogen (secondary N) is 1. The zero-order valence-corrected chi connectivity index (χ0v) is 7.66. The molecule has 1 amide bonds. The van der Waals surface area contributed by atoms with Crippen molar-refractivity contribution in [3.8, 4) is 0 Å². The number of aliphatic carboxylic acids is 1. The third-order valence-corrected chi connectivity index (χ3v) is 1.34. The molecule has 0 unspecified atom stereocenters. The van der Waals surface area contributed by atoms with E-state index >= 15 is 0 Å². The smallest absolute Gasteiger partial charge is 0.406 e. The van der Waals surface area contributed by atoms with Crippen LogP contribution in [0, 0.1) is 0 Å². The Hall–Kier alpha value is -1.52. The maximum atomic E-state index is 10.5. The number of carboxylic acid groups (broad SMARTS) is 1. The van der Waals surface area contributed by atoms with Gasteiger partial charge in [0, 0.05) is 19.0 Å². The molecule has 0 heterocycles. The Kier molecular flexibility index (Phi) is 5.34. The van der Waals surface area contributed by atoms with Crippen molar-refractivity contribution in [1.82, 2.24) is 5.32 Å². The highest BCUT2D eigenvalue weighted by Gasteiger charge is 1.99. The normalized spacial score (nSPS) is 10.8. The van der Waals surface area contributed by atoms with Crippen molar-refractivity contribution in [1.29, 1.82) is 0 Å².